The number of carbonyl (C=O) groups excluding carboxylic acids is 1. The minimum absolute atomic E-state index is 0.0748. The van der Waals surface area contributed by atoms with Crippen LogP contribution in [0.4, 0.5) is 0 Å². The molecule has 0 bridgehead atoms. The fourth-order valence-electron chi connectivity index (χ4n) is 2.23. The van der Waals surface area contributed by atoms with Gasteiger partial charge in [0.05, 0.1) is 6.10 Å². The van der Waals surface area contributed by atoms with Crippen molar-refractivity contribution in [1.29, 1.82) is 0 Å². The van der Waals surface area contributed by atoms with Crippen molar-refractivity contribution in [3.63, 3.8) is 0 Å². The molecule has 1 saturated heterocycles. The average molecular weight is 261 g/mol. The zero-order chi connectivity index (χ0) is 13.2. The maximum Gasteiger partial charge on any atom is 0.246 e. The topological polar surface area (TPSA) is 59.0 Å². The Morgan fingerprint density at radius 2 is 2.21 bits per heavy atom. The number of hydrogen-bond donors (Lipinski definition) is 1. The van der Waals surface area contributed by atoms with Crippen LogP contribution in [0, 0.1) is 0 Å². The van der Waals surface area contributed by atoms with E-state index in [0.29, 0.717) is 25.3 Å². The molecule has 0 aromatic heterocycles. The number of nitrogens with zero attached hydrogens (tertiary/aromatic N) is 1. The third-order valence-electron chi connectivity index (χ3n) is 3.29. The van der Waals surface area contributed by atoms with Gasteiger partial charge in [-0.1, -0.05) is 6.07 Å². The van der Waals surface area contributed by atoms with E-state index in [1.165, 1.54) is 6.08 Å². The minimum atomic E-state index is -0.386. The zero-order valence-corrected chi connectivity index (χ0v) is 10.4. The maximum atomic E-state index is 11.9. The second-order valence-electron chi connectivity index (χ2n) is 4.67. The molecule has 0 aliphatic carbocycles. The summed E-state index contributed by atoms with van der Waals surface area (Å²) >= 11 is 0. The molecule has 0 radical (unpaired) electrons. The molecule has 100 valence electrons. The third kappa shape index (κ3) is 2.56. The Bertz CT molecular complexity index is 526. The molecule has 1 aromatic rings. The third-order valence-corrected chi connectivity index (χ3v) is 3.29. The van der Waals surface area contributed by atoms with Gasteiger partial charge in [-0.2, -0.15) is 0 Å². The second-order valence-corrected chi connectivity index (χ2v) is 4.67. The summed E-state index contributed by atoms with van der Waals surface area (Å²) in [5.41, 5.74) is 0.886. The Hall–Kier alpha value is -2.01. The van der Waals surface area contributed by atoms with Crippen LogP contribution in [-0.2, 0) is 4.79 Å². The smallest absolute Gasteiger partial charge is 0.246 e. The van der Waals surface area contributed by atoms with Crippen molar-refractivity contribution in [2.45, 2.75) is 12.5 Å². The summed E-state index contributed by atoms with van der Waals surface area (Å²) < 4.78 is 10.5. The van der Waals surface area contributed by atoms with E-state index in [0.717, 1.165) is 11.3 Å². The summed E-state index contributed by atoms with van der Waals surface area (Å²) in [6.07, 6.45) is 3.54. The molecule has 2 aliphatic rings. The Balaban J connectivity index is 1.67. The summed E-state index contributed by atoms with van der Waals surface area (Å²) in [5.74, 6) is 1.35. The average Bonchev–Trinajstić information content (AvgIpc) is 3.03. The lowest BCUT2D eigenvalue weighted by molar-refractivity contribution is -0.125. The number of likely N-dealkylation sites (tertiary alicyclic amines) is 1. The highest BCUT2D eigenvalue weighted by Gasteiger charge is 2.22. The standard InChI is InChI=1S/C14H15NO4/c16-11-5-6-15(8-11)14(17)4-2-10-1-3-12-13(7-10)19-9-18-12/h1-4,7,11,16H,5-6,8-9H2/t11-/m0/s1. The van der Waals surface area contributed by atoms with Gasteiger partial charge in [-0.05, 0) is 30.2 Å². The maximum absolute atomic E-state index is 11.9. The monoisotopic (exact) mass is 261 g/mol. The van der Waals surface area contributed by atoms with E-state index in [-0.39, 0.29) is 18.8 Å². The van der Waals surface area contributed by atoms with Crippen LogP contribution >= 0.6 is 0 Å². The van der Waals surface area contributed by atoms with Crippen LogP contribution < -0.4 is 9.47 Å². The first-order valence-corrected chi connectivity index (χ1v) is 6.27. The second kappa shape index (κ2) is 4.93. The summed E-state index contributed by atoms with van der Waals surface area (Å²) in [6, 6.07) is 5.53. The van der Waals surface area contributed by atoms with Gasteiger partial charge in [0.1, 0.15) is 0 Å². The summed E-state index contributed by atoms with van der Waals surface area (Å²) in [6.45, 7) is 1.28. The summed E-state index contributed by atoms with van der Waals surface area (Å²) in [7, 11) is 0. The Morgan fingerprint density at radius 3 is 3.00 bits per heavy atom. The van der Waals surface area contributed by atoms with Gasteiger partial charge < -0.3 is 19.5 Å². The highest BCUT2D eigenvalue weighted by atomic mass is 16.7. The van der Waals surface area contributed by atoms with E-state index in [1.807, 2.05) is 18.2 Å². The normalized spacial score (nSPS) is 21.3. The summed E-state index contributed by atoms with van der Waals surface area (Å²) in [5, 5.41) is 9.39. The van der Waals surface area contributed by atoms with Crippen LogP contribution in [0.5, 0.6) is 11.5 Å². The molecule has 0 saturated carbocycles. The predicted octanol–water partition coefficient (Wildman–Crippen LogP) is 1.02. The number of β-amino-alcohol motifs (C(OH)–C–C–N with tert-alkyl or cyclic N) is 1. The molecule has 1 atom stereocenters. The Labute approximate surface area is 111 Å². The molecule has 0 unspecified atom stereocenters. The van der Waals surface area contributed by atoms with E-state index in [4.69, 9.17) is 9.47 Å². The van der Waals surface area contributed by atoms with Crippen molar-refractivity contribution < 1.29 is 19.4 Å². The molecule has 2 heterocycles. The number of aliphatic hydroxyl groups is 1. The fraction of sp³-hybridized carbons (Fsp3) is 0.357. The first-order chi connectivity index (χ1) is 9.22. The van der Waals surface area contributed by atoms with Gasteiger partial charge in [-0.3, -0.25) is 4.79 Å². The molecule has 19 heavy (non-hydrogen) atoms. The minimum Gasteiger partial charge on any atom is -0.454 e. The van der Waals surface area contributed by atoms with Crippen LogP contribution in [0.3, 0.4) is 0 Å². The molecule has 2 aliphatic heterocycles. The van der Waals surface area contributed by atoms with Crippen LogP contribution in [0.1, 0.15) is 12.0 Å². The highest BCUT2D eigenvalue weighted by molar-refractivity contribution is 5.92. The number of amides is 1. The molecule has 5 heteroatoms. The van der Waals surface area contributed by atoms with Crippen LogP contribution in [0.25, 0.3) is 6.08 Å². The van der Waals surface area contributed by atoms with Gasteiger partial charge in [0.2, 0.25) is 12.7 Å². The lowest BCUT2D eigenvalue weighted by Gasteiger charge is -2.12. The lowest BCUT2D eigenvalue weighted by Crippen LogP contribution is -2.27. The number of benzene rings is 1. The number of aliphatic hydroxyl groups excluding tert-OH is 1. The van der Waals surface area contributed by atoms with Gasteiger partial charge in [-0.25, -0.2) is 0 Å². The molecule has 5 nitrogen and oxygen atoms in total. The van der Waals surface area contributed by atoms with Gasteiger partial charge in [0.15, 0.2) is 11.5 Å². The van der Waals surface area contributed by atoms with Crippen molar-refractivity contribution in [2.24, 2.45) is 0 Å². The van der Waals surface area contributed by atoms with Crippen molar-refractivity contribution >= 4 is 12.0 Å². The van der Waals surface area contributed by atoms with Gasteiger partial charge in [0, 0.05) is 19.2 Å². The fourth-order valence-corrected chi connectivity index (χ4v) is 2.23. The first-order valence-electron chi connectivity index (χ1n) is 6.27. The number of carbonyl (C=O) groups is 1. The molecule has 0 spiro atoms. The van der Waals surface area contributed by atoms with Gasteiger partial charge in [-0.15, -0.1) is 0 Å². The van der Waals surface area contributed by atoms with E-state index in [2.05, 4.69) is 0 Å². The van der Waals surface area contributed by atoms with Crippen molar-refractivity contribution in [3.8, 4) is 11.5 Å². The molecule has 1 fully saturated rings. The molecular weight excluding hydrogens is 246 g/mol. The van der Waals surface area contributed by atoms with Crippen molar-refractivity contribution in [2.75, 3.05) is 19.9 Å². The van der Waals surface area contributed by atoms with Crippen LogP contribution in [0.15, 0.2) is 24.3 Å². The van der Waals surface area contributed by atoms with E-state index in [1.54, 1.807) is 11.0 Å². The largest absolute Gasteiger partial charge is 0.454 e. The Kier molecular flexibility index (Phi) is 3.13. The number of ether oxygens (including phenoxy) is 2. The Morgan fingerprint density at radius 1 is 1.37 bits per heavy atom. The van der Waals surface area contributed by atoms with Crippen molar-refractivity contribution in [3.05, 3.63) is 29.8 Å². The molecule has 1 aromatic carbocycles. The van der Waals surface area contributed by atoms with Crippen LogP contribution in [0.2, 0.25) is 0 Å². The zero-order valence-electron chi connectivity index (χ0n) is 10.4. The molecule has 1 amide bonds. The first kappa shape index (κ1) is 12.0. The molecule has 1 N–H and O–H groups in total. The van der Waals surface area contributed by atoms with Crippen molar-refractivity contribution in [1.82, 2.24) is 4.90 Å². The van der Waals surface area contributed by atoms with E-state index < -0.39 is 0 Å². The van der Waals surface area contributed by atoms with Crippen LogP contribution in [-0.4, -0.2) is 41.9 Å². The quantitative estimate of drug-likeness (QED) is 0.808. The number of fused-ring (bicyclic) bond motifs is 1. The SMILES string of the molecule is O=C(C=Cc1ccc2c(c1)OCO2)N1CC[C@H](O)C1. The number of hydrogen-bond acceptors (Lipinski definition) is 4. The van der Waals surface area contributed by atoms with Gasteiger partial charge >= 0.3 is 0 Å². The molecule has 3 rings (SSSR count). The summed E-state index contributed by atoms with van der Waals surface area (Å²) in [4.78, 5) is 13.5. The van der Waals surface area contributed by atoms with Gasteiger partial charge in [0.25, 0.3) is 0 Å². The lowest BCUT2D eigenvalue weighted by atomic mass is 10.2. The van der Waals surface area contributed by atoms with E-state index in [9.17, 15) is 9.90 Å². The highest BCUT2D eigenvalue weighted by Crippen LogP contribution is 2.32. The predicted molar refractivity (Wildman–Crippen MR) is 68.8 cm³/mol. The molecular formula is C14H15NO4. The number of rotatable bonds is 2. The van der Waals surface area contributed by atoms with E-state index >= 15 is 0 Å².